The van der Waals surface area contributed by atoms with Crippen LogP contribution in [0.4, 0.5) is 0 Å². The van der Waals surface area contributed by atoms with Crippen LogP contribution in [0, 0.1) is 0 Å². The zero-order valence-corrected chi connectivity index (χ0v) is 29.0. The number of halogens is 1. The van der Waals surface area contributed by atoms with E-state index in [2.05, 4.69) is 18.7 Å². The highest BCUT2D eigenvalue weighted by atomic mass is 35.5. The van der Waals surface area contributed by atoms with Crippen molar-refractivity contribution < 1.29 is 14.3 Å². The number of carbonyl (C=O) groups is 1. The molecule has 1 saturated heterocycles. The smallest absolute Gasteiger partial charge is 0.234 e. The molecule has 1 heterocycles. The first-order valence-electron chi connectivity index (χ1n) is 18.4. The Hall–Kier alpha value is -0.360. The van der Waals surface area contributed by atoms with Crippen molar-refractivity contribution in [1.29, 1.82) is 0 Å². The van der Waals surface area contributed by atoms with Gasteiger partial charge < -0.3 is 15.2 Å². The van der Waals surface area contributed by atoms with Gasteiger partial charge in [-0.3, -0.25) is 9.69 Å². The van der Waals surface area contributed by atoms with E-state index < -0.39 is 0 Å². The number of primary amides is 1. The number of unbranched alkanes of at least 4 members (excludes halogenated alkanes) is 22. The van der Waals surface area contributed by atoms with Crippen LogP contribution in [0.5, 0.6) is 0 Å². The van der Waals surface area contributed by atoms with E-state index in [0.717, 1.165) is 52.0 Å². The molecular formula is C36H73ClN2O3. The lowest BCUT2D eigenvalue weighted by atomic mass is 10.1. The van der Waals surface area contributed by atoms with Crippen LogP contribution < -0.4 is 5.73 Å². The summed E-state index contributed by atoms with van der Waals surface area (Å²) in [5, 5.41) is 0. The number of amides is 1. The minimum absolute atomic E-state index is 0. The van der Waals surface area contributed by atoms with Crippen molar-refractivity contribution in [3.63, 3.8) is 0 Å². The second-order valence-electron chi connectivity index (χ2n) is 12.9. The summed E-state index contributed by atoms with van der Waals surface area (Å²) in [5.41, 5.74) is 5.67. The fourth-order valence-corrected chi connectivity index (χ4v) is 6.23. The Morgan fingerprint density at radius 3 is 1.50 bits per heavy atom. The lowest BCUT2D eigenvalue weighted by Crippen LogP contribution is -2.45. The Bertz CT molecular complexity index is 566. The summed E-state index contributed by atoms with van der Waals surface area (Å²) < 4.78 is 12.4. The summed E-state index contributed by atoms with van der Waals surface area (Å²) in [6.45, 7) is 8.49. The second-order valence-corrected chi connectivity index (χ2v) is 12.9. The van der Waals surface area contributed by atoms with Gasteiger partial charge in [-0.2, -0.15) is 0 Å². The van der Waals surface area contributed by atoms with E-state index in [-0.39, 0.29) is 30.5 Å². The third-order valence-corrected chi connectivity index (χ3v) is 8.93. The third-order valence-electron chi connectivity index (χ3n) is 8.93. The van der Waals surface area contributed by atoms with Crippen LogP contribution in [0.15, 0.2) is 0 Å². The van der Waals surface area contributed by atoms with Gasteiger partial charge in [-0.1, -0.05) is 155 Å². The van der Waals surface area contributed by atoms with Crippen LogP contribution in [0.1, 0.15) is 181 Å². The zero-order chi connectivity index (χ0) is 29.6. The summed E-state index contributed by atoms with van der Waals surface area (Å²) >= 11 is 0. The number of carbonyl (C=O) groups excluding carboxylic acids is 1. The maximum Gasteiger partial charge on any atom is 0.234 e. The summed E-state index contributed by atoms with van der Waals surface area (Å²) in [5.74, 6) is -0.195. The van der Waals surface area contributed by atoms with E-state index in [1.54, 1.807) is 0 Å². The molecule has 1 rings (SSSR count). The molecule has 2 N–H and O–H groups in total. The molecule has 0 radical (unpaired) electrons. The van der Waals surface area contributed by atoms with Crippen molar-refractivity contribution in [2.75, 3.05) is 32.9 Å². The van der Waals surface area contributed by atoms with Gasteiger partial charge in [-0.25, -0.2) is 0 Å². The van der Waals surface area contributed by atoms with Gasteiger partial charge in [0.2, 0.25) is 5.91 Å². The largest absolute Gasteiger partial charge is 0.379 e. The van der Waals surface area contributed by atoms with Crippen molar-refractivity contribution in [3.8, 4) is 0 Å². The Morgan fingerprint density at radius 2 is 1.07 bits per heavy atom. The van der Waals surface area contributed by atoms with Crippen molar-refractivity contribution >= 4 is 18.3 Å². The van der Waals surface area contributed by atoms with E-state index in [4.69, 9.17) is 15.2 Å². The molecule has 1 aliphatic heterocycles. The number of ether oxygens (including phenoxy) is 2. The Balaban J connectivity index is 0.0000168. The van der Waals surface area contributed by atoms with Crippen LogP contribution in [-0.4, -0.2) is 55.9 Å². The van der Waals surface area contributed by atoms with Crippen molar-refractivity contribution in [1.82, 2.24) is 4.90 Å². The van der Waals surface area contributed by atoms with Gasteiger partial charge >= 0.3 is 0 Å². The normalized spacial score (nSPS) is 16.1. The Labute approximate surface area is 268 Å². The van der Waals surface area contributed by atoms with Crippen molar-refractivity contribution in [2.24, 2.45) is 5.73 Å². The van der Waals surface area contributed by atoms with Crippen LogP contribution in [0.2, 0.25) is 0 Å². The molecule has 42 heavy (non-hydrogen) atoms. The summed E-state index contributed by atoms with van der Waals surface area (Å²) in [6, 6.07) is -0.135. The van der Waals surface area contributed by atoms with Crippen LogP contribution >= 0.6 is 12.4 Å². The molecule has 1 aliphatic rings. The summed E-state index contributed by atoms with van der Waals surface area (Å²) in [7, 11) is 0. The number of hydrogen-bond donors (Lipinski definition) is 1. The zero-order valence-electron chi connectivity index (χ0n) is 28.2. The molecule has 252 valence electrons. The molecule has 5 nitrogen and oxygen atoms in total. The Kier molecular flexibility index (Phi) is 31.8. The van der Waals surface area contributed by atoms with Gasteiger partial charge in [0.1, 0.15) is 0 Å². The molecule has 0 aromatic rings. The minimum Gasteiger partial charge on any atom is -0.379 e. The van der Waals surface area contributed by atoms with E-state index in [9.17, 15) is 4.79 Å². The maximum atomic E-state index is 11.9. The average molecular weight is 617 g/mol. The third kappa shape index (κ3) is 25.0. The number of rotatable bonds is 32. The number of likely N-dealkylation sites (tertiary alicyclic amines) is 1. The van der Waals surface area contributed by atoms with E-state index in [0.29, 0.717) is 6.61 Å². The van der Waals surface area contributed by atoms with Gasteiger partial charge in [-0.05, 0) is 32.2 Å². The second kappa shape index (κ2) is 32.0. The number of hydrogen-bond acceptors (Lipinski definition) is 4. The molecule has 0 saturated carbocycles. The lowest BCUT2D eigenvalue weighted by molar-refractivity contribution is -0.123. The first-order chi connectivity index (χ1) is 20.2. The molecule has 0 aromatic carbocycles. The number of nitrogens with two attached hydrogens (primary N) is 1. The van der Waals surface area contributed by atoms with Crippen LogP contribution in [0.25, 0.3) is 0 Å². The molecule has 1 unspecified atom stereocenters. The van der Waals surface area contributed by atoms with Gasteiger partial charge in [0, 0.05) is 19.8 Å². The molecule has 0 bridgehead atoms. The fraction of sp³-hybridized carbons (Fsp3) is 0.972. The van der Waals surface area contributed by atoms with E-state index >= 15 is 0 Å². The molecule has 6 heteroatoms. The molecule has 1 fully saturated rings. The minimum atomic E-state index is -0.195. The molecule has 1 amide bonds. The molecular weight excluding hydrogens is 544 g/mol. The highest BCUT2D eigenvalue weighted by Gasteiger charge is 2.30. The first-order valence-corrected chi connectivity index (χ1v) is 18.4. The first kappa shape index (κ1) is 41.6. The lowest BCUT2D eigenvalue weighted by Gasteiger charge is -2.27. The topological polar surface area (TPSA) is 64.8 Å². The molecule has 0 spiro atoms. The summed E-state index contributed by atoms with van der Waals surface area (Å²) in [6.07, 6.45) is 34.5. The van der Waals surface area contributed by atoms with Gasteiger partial charge in [0.25, 0.3) is 0 Å². The summed E-state index contributed by atoms with van der Waals surface area (Å²) in [4.78, 5) is 14.1. The van der Waals surface area contributed by atoms with Crippen LogP contribution in [-0.2, 0) is 14.3 Å². The highest BCUT2D eigenvalue weighted by molar-refractivity contribution is 5.85. The van der Waals surface area contributed by atoms with Crippen LogP contribution in [0.3, 0.4) is 0 Å². The van der Waals surface area contributed by atoms with Gasteiger partial charge in [-0.15, -0.1) is 12.4 Å². The monoisotopic (exact) mass is 617 g/mol. The maximum absolute atomic E-state index is 11.9. The van der Waals surface area contributed by atoms with E-state index in [1.165, 1.54) is 141 Å². The fourth-order valence-electron chi connectivity index (χ4n) is 6.23. The molecule has 0 aromatic heterocycles. The Morgan fingerprint density at radius 1 is 0.667 bits per heavy atom. The average Bonchev–Trinajstić information content (AvgIpc) is 3.44. The quantitative estimate of drug-likeness (QED) is 0.0764. The molecule has 2 atom stereocenters. The van der Waals surface area contributed by atoms with Gasteiger partial charge in [0.05, 0.1) is 18.8 Å². The number of nitrogens with zero attached hydrogens (tertiary/aromatic N) is 1. The predicted molar refractivity (Wildman–Crippen MR) is 184 cm³/mol. The SMILES string of the molecule is CCCCCCCCCCCCCCOCC(CN1CCC[C@@H]1C(N)=O)OCCCCCCCCCCCCCC.Cl. The predicted octanol–water partition coefficient (Wildman–Crippen LogP) is 10.2. The van der Waals surface area contributed by atoms with Gasteiger partial charge in [0.15, 0.2) is 0 Å². The van der Waals surface area contributed by atoms with E-state index in [1.807, 2.05) is 0 Å². The highest BCUT2D eigenvalue weighted by Crippen LogP contribution is 2.19. The van der Waals surface area contributed by atoms with Crippen molar-refractivity contribution in [2.45, 2.75) is 193 Å². The van der Waals surface area contributed by atoms with Crippen molar-refractivity contribution in [3.05, 3.63) is 0 Å². The molecule has 0 aliphatic carbocycles. The standard InChI is InChI=1S/C36H72N2O3.ClH/c1-3-5-7-9-11-13-15-17-19-21-23-25-30-40-33-34(32-38-29-27-28-35(38)36(37)39)41-31-26-24-22-20-18-16-14-12-10-8-6-4-2;/h34-35H,3-33H2,1-2H3,(H2,37,39);1H/t34?,35-;/m1./s1.